The topological polar surface area (TPSA) is 80.9 Å². The zero-order chi connectivity index (χ0) is 16.0. The first-order chi connectivity index (χ1) is 10.6. The van der Waals surface area contributed by atoms with Crippen LogP contribution < -0.4 is 11.1 Å². The quantitative estimate of drug-likeness (QED) is 0.760. The number of thiazole rings is 1. The van der Waals surface area contributed by atoms with Crippen molar-refractivity contribution in [1.82, 2.24) is 15.3 Å². The van der Waals surface area contributed by atoms with E-state index in [4.69, 9.17) is 5.73 Å². The van der Waals surface area contributed by atoms with Gasteiger partial charge >= 0.3 is 0 Å². The summed E-state index contributed by atoms with van der Waals surface area (Å²) in [6.45, 7) is 4.53. The highest BCUT2D eigenvalue weighted by Gasteiger charge is 2.26. The fourth-order valence-corrected chi connectivity index (χ4v) is 3.06. The highest BCUT2D eigenvalue weighted by atomic mass is 35.5. The minimum Gasteiger partial charge on any atom is -0.349 e. The molecule has 0 aliphatic rings. The Kier molecular flexibility index (Phi) is 10.1. The van der Waals surface area contributed by atoms with Crippen molar-refractivity contribution in [3.8, 4) is 10.7 Å². The Bertz CT molecular complexity index is 609. The van der Waals surface area contributed by atoms with Gasteiger partial charge < -0.3 is 11.1 Å². The van der Waals surface area contributed by atoms with E-state index in [9.17, 15) is 4.79 Å². The van der Waals surface area contributed by atoms with Crippen LogP contribution in [-0.4, -0.2) is 28.0 Å². The van der Waals surface area contributed by atoms with Gasteiger partial charge in [-0.2, -0.15) is 0 Å². The Balaban J connectivity index is 0.00000264. The van der Waals surface area contributed by atoms with Crippen LogP contribution in [0.1, 0.15) is 32.4 Å². The minimum atomic E-state index is -0.309. The summed E-state index contributed by atoms with van der Waals surface area (Å²) in [6, 6.07) is 5.71. The van der Waals surface area contributed by atoms with E-state index in [0.717, 1.165) is 29.2 Å². The number of nitrogens with two attached hydrogens (primary N) is 1. The molecule has 3 N–H and O–H groups in total. The van der Waals surface area contributed by atoms with Gasteiger partial charge in [0.05, 0.1) is 23.3 Å². The Hall–Kier alpha value is -1.21. The highest BCUT2D eigenvalue weighted by molar-refractivity contribution is 7.13. The van der Waals surface area contributed by atoms with Crippen LogP contribution in [0.15, 0.2) is 29.8 Å². The lowest BCUT2D eigenvalue weighted by molar-refractivity contribution is -0.122. The maximum atomic E-state index is 12.2. The van der Waals surface area contributed by atoms with E-state index in [0.29, 0.717) is 6.54 Å². The maximum Gasteiger partial charge on any atom is 0.226 e. The van der Waals surface area contributed by atoms with E-state index in [2.05, 4.69) is 15.3 Å². The van der Waals surface area contributed by atoms with Gasteiger partial charge in [0.15, 0.2) is 0 Å². The number of pyridine rings is 1. The molecule has 1 amide bonds. The molecule has 2 aromatic heterocycles. The average Bonchev–Trinajstić information content (AvgIpc) is 3.02. The Morgan fingerprint density at radius 1 is 1.29 bits per heavy atom. The number of carbonyl (C=O) groups is 1. The predicted octanol–water partition coefficient (Wildman–Crippen LogP) is 3.22. The van der Waals surface area contributed by atoms with E-state index >= 15 is 0 Å². The standard InChI is InChI=1S/C16H22N4OS.2ClH/c1-3-16(4-2,11-17)20-14(21)9-12-10-22-15(19-12)13-7-5-6-8-18-13;;/h5-8,10H,3-4,9,11,17H2,1-2H3,(H,20,21);2*1H. The molecule has 8 heteroatoms. The zero-order valence-corrected chi connectivity index (χ0v) is 16.3. The monoisotopic (exact) mass is 390 g/mol. The van der Waals surface area contributed by atoms with Crippen LogP contribution in [0.2, 0.25) is 0 Å². The van der Waals surface area contributed by atoms with Gasteiger partial charge in [-0.05, 0) is 25.0 Å². The number of hydrogen-bond acceptors (Lipinski definition) is 5. The third-order valence-electron chi connectivity index (χ3n) is 3.93. The van der Waals surface area contributed by atoms with Crippen LogP contribution in [0, 0.1) is 0 Å². The summed E-state index contributed by atoms with van der Waals surface area (Å²) >= 11 is 1.50. The molecule has 0 saturated carbocycles. The van der Waals surface area contributed by atoms with Gasteiger partial charge in [0.2, 0.25) is 5.91 Å². The number of amides is 1. The second kappa shape index (κ2) is 10.6. The molecule has 0 saturated heterocycles. The molecular formula is C16H24Cl2N4OS. The van der Waals surface area contributed by atoms with E-state index < -0.39 is 0 Å². The van der Waals surface area contributed by atoms with Crippen molar-refractivity contribution in [2.45, 2.75) is 38.6 Å². The summed E-state index contributed by atoms with van der Waals surface area (Å²) in [5, 5.41) is 5.80. The fourth-order valence-electron chi connectivity index (χ4n) is 2.27. The number of carbonyl (C=O) groups excluding carboxylic acids is 1. The summed E-state index contributed by atoms with van der Waals surface area (Å²) in [6.07, 6.45) is 3.65. The molecule has 0 radical (unpaired) electrons. The van der Waals surface area contributed by atoms with Crippen LogP contribution in [0.25, 0.3) is 10.7 Å². The van der Waals surface area contributed by atoms with Gasteiger partial charge in [0.1, 0.15) is 5.01 Å². The largest absolute Gasteiger partial charge is 0.349 e. The third kappa shape index (κ3) is 5.70. The molecule has 0 unspecified atom stereocenters. The molecule has 2 aromatic rings. The molecule has 0 aromatic carbocycles. The molecule has 0 spiro atoms. The van der Waals surface area contributed by atoms with E-state index in [-0.39, 0.29) is 42.7 Å². The lowest BCUT2D eigenvalue weighted by Crippen LogP contribution is -2.53. The van der Waals surface area contributed by atoms with Gasteiger partial charge in [0, 0.05) is 18.1 Å². The van der Waals surface area contributed by atoms with Gasteiger partial charge in [-0.15, -0.1) is 36.2 Å². The van der Waals surface area contributed by atoms with Crippen molar-refractivity contribution < 1.29 is 4.79 Å². The molecule has 2 rings (SSSR count). The first-order valence-corrected chi connectivity index (χ1v) is 8.37. The molecule has 0 aliphatic carbocycles. The lowest BCUT2D eigenvalue weighted by atomic mass is 9.92. The van der Waals surface area contributed by atoms with Gasteiger partial charge in [-0.3, -0.25) is 9.78 Å². The zero-order valence-electron chi connectivity index (χ0n) is 13.8. The van der Waals surface area contributed by atoms with Gasteiger partial charge in [-0.25, -0.2) is 4.98 Å². The number of aromatic nitrogens is 2. The number of nitrogens with one attached hydrogen (secondary N) is 1. The van der Waals surface area contributed by atoms with Crippen LogP contribution >= 0.6 is 36.2 Å². The molecule has 5 nitrogen and oxygen atoms in total. The van der Waals surface area contributed by atoms with Crippen LogP contribution in [0.3, 0.4) is 0 Å². The molecule has 134 valence electrons. The van der Waals surface area contributed by atoms with E-state index in [1.807, 2.05) is 37.4 Å². The van der Waals surface area contributed by atoms with Crippen molar-refractivity contribution >= 4 is 42.1 Å². The van der Waals surface area contributed by atoms with Crippen LogP contribution in [0.5, 0.6) is 0 Å². The van der Waals surface area contributed by atoms with Gasteiger partial charge in [0.25, 0.3) is 0 Å². The van der Waals surface area contributed by atoms with Crippen molar-refractivity contribution in [2.75, 3.05) is 6.54 Å². The molecule has 24 heavy (non-hydrogen) atoms. The summed E-state index contributed by atoms with van der Waals surface area (Å²) in [4.78, 5) is 21.0. The summed E-state index contributed by atoms with van der Waals surface area (Å²) < 4.78 is 0. The fraction of sp³-hybridized carbons (Fsp3) is 0.438. The molecule has 2 heterocycles. The number of hydrogen-bond donors (Lipinski definition) is 2. The summed E-state index contributed by atoms with van der Waals surface area (Å²) in [5.74, 6) is -0.0352. The SMILES string of the molecule is CCC(CC)(CN)NC(=O)Cc1csc(-c2ccccn2)n1.Cl.Cl. The van der Waals surface area contributed by atoms with Crippen molar-refractivity contribution in [3.63, 3.8) is 0 Å². The predicted molar refractivity (Wildman–Crippen MR) is 104 cm³/mol. The summed E-state index contributed by atoms with van der Waals surface area (Å²) in [7, 11) is 0. The van der Waals surface area contributed by atoms with Crippen molar-refractivity contribution in [2.24, 2.45) is 5.73 Å². The molecule has 0 bridgehead atoms. The first kappa shape index (κ1) is 22.8. The second-order valence-electron chi connectivity index (χ2n) is 5.28. The normalized spacial score (nSPS) is 10.5. The smallest absolute Gasteiger partial charge is 0.226 e. The number of rotatable bonds is 7. The van der Waals surface area contributed by atoms with Crippen molar-refractivity contribution in [1.29, 1.82) is 0 Å². The minimum absolute atomic E-state index is 0. The Labute approximate surface area is 159 Å². The number of nitrogens with zero attached hydrogens (tertiary/aromatic N) is 2. The molecular weight excluding hydrogens is 367 g/mol. The first-order valence-electron chi connectivity index (χ1n) is 7.49. The highest BCUT2D eigenvalue weighted by Crippen LogP contribution is 2.22. The van der Waals surface area contributed by atoms with Crippen LogP contribution in [0.4, 0.5) is 0 Å². The summed E-state index contributed by atoms with van der Waals surface area (Å²) in [5.41, 5.74) is 7.10. The molecule has 0 fully saturated rings. The Morgan fingerprint density at radius 2 is 2.00 bits per heavy atom. The van der Waals surface area contributed by atoms with Crippen LogP contribution in [-0.2, 0) is 11.2 Å². The lowest BCUT2D eigenvalue weighted by Gasteiger charge is -2.31. The maximum absolute atomic E-state index is 12.2. The third-order valence-corrected chi connectivity index (χ3v) is 4.84. The van der Waals surface area contributed by atoms with E-state index in [1.54, 1.807) is 6.20 Å². The molecule has 0 atom stereocenters. The number of halogens is 2. The van der Waals surface area contributed by atoms with E-state index in [1.165, 1.54) is 11.3 Å². The Morgan fingerprint density at radius 3 is 2.54 bits per heavy atom. The van der Waals surface area contributed by atoms with Crippen molar-refractivity contribution in [3.05, 3.63) is 35.5 Å². The molecule has 0 aliphatic heterocycles. The average molecular weight is 391 g/mol. The second-order valence-corrected chi connectivity index (χ2v) is 6.13. The van der Waals surface area contributed by atoms with Gasteiger partial charge in [-0.1, -0.05) is 19.9 Å².